The van der Waals surface area contributed by atoms with Gasteiger partial charge in [-0.2, -0.15) is 0 Å². The average molecular weight is 283 g/mol. The van der Waals surface area contributed by atoms with Crippen LogP contribution in [0.25, 0.3) is 0 Å². The standard InChI is InChI=1S/C15H22N2O.ClH/c1-11-6-5-9-14(11)17-15(18)13(16)10-12-7-3-2-4-8-12;/h2-4,7-8,11,13-14H,5-6,9-10,16H2,1H3,(H,17,18);1H/t11?,13-,14?;/m0./s1. The Hall–Kier alpha value is -1.06. The third-order valence-electron chi connectivity index (χ3n) is 3.82. The number of rotatable bonds is 4. The summed E-state index contributed by atoms with van der Waals surface area (Å²) in [6.07, 6.45) is 4.11. The summed E-state index contributed by atoms with van der Waals surface area (Å²) in [5.41, 5.74) is 7.07. The first-order chi connectivity index (χ1) is 8.66. The van der Waals surface area contributed by atoms with Gasteiger partial charge in [0.1, 0.15) is 0 Å². The number of benzene rings is 1. The molecular formula is C15H23ClN2O. The lowest BCUT2D eigenvalue weighted by Gasteiger charge is -2.20. The second-order valence-electron chi connectivity index (χ2n) is 5.32. The Morgan fingerprint density at radius 2 is 2.05 bits per heavy atom. The normalized spacial score (nSPS) is 23.5. The summed E-state index contributed by atoms with van der Waals surface area (Å²) in [6, 6.07) is 9.80. The van der Waals surface area contributed by atoms with Crippen molar-refractivity contribution in [2.75, 3.05) is 0 Å². The van der Waals surface area contributed by atoms with Crippen molar-refractivity contribution in [1.29, 1.82) is 0 Å². The Kier molecular flexibility index (Phi) is 6.32. The van der Waals surface area contributed by atoms with Crippen molar-refractivity contribution in [2.24, 2.45) is 11.7 Å². The van der Waals surface area contributed by atoms with E-state index in [0.29, 0.717) is 18.4 Å². The number of amides is 1. The monoisotopic (exact) mass is 282 g/mol. The van der Waals surface area contributed by atoms with E-state index in [-0.39, 0.29) is 18.3 Å². The molecule has 0 heterocycles. The van der Waals surface area contributed by atoms with Crippen molar-refractivity contribution in [3.8, 4) is 0 Å². The molecular weight excluding hydrogens is 260 g/mol. The fourth-order valence-corrected chi connectivity index (χ4v) is 2.61. The predicted octanol–water partition coefficient (Wildman–Crippen LogP) is 2.28. The molecule has 1 amide bonds. The van der Waals surface area contributed by atoms with E-state index >= 15 is 0 Å². The Morgan fingerprint density at radius 3 is 2.63 bits per heavy atom. The fourth-order valence-electron chi connectivity index (χ4n) is 2.61. The van der Waals surface area contributed by atoms with Gasteiger partial charge in [-0.3, -0.25) is 4.79 Å². The highest BCUT2D eigenvalue weighted by molar-refractivity contribution is 5.85. The molecule has 1 aromatic carbocycles. The molecule has 3 N–H and O–H groups in total. The maximum absolute atomic E-state index is 12.0. The lowest BCUT2D eigenvalue weighted by atomic mass is 10.0. The van der Waals surface area contributed by atoms with Crippen LogP contribution in [0.1, 0.15) is 31.7 Å². The van der Waals surface area contributed by atoms with Crippen LogP contribution < -0.4 is 11.1 Å². The van der Waals surface area contributed by atoms with E-state index in [1.54, 1.807) is 0 Å². The number of hydrogen-bond acceptors (Lipinski definition) is 2. The van der Waals surface area contributed by atoms with E-state index < -0.39 is 6.04 Å². The maximum atomic E-state index is 12.0. The minimum Gasteiger partial charge on any atom is -0.352 e. The molecule has 2 unspecified atom stereocenters. The zero-order valence-corrected chi connectivity index (χ0v) is 12.2. The summed E-state index contributed by atoms with van der Waals surface area (Å²) in [6.45, 7) is 2.20. The first-order valence-electron chi connectivity index (χ1n) is 6.76. The van der Waals surface area contributed by atoms with E-state index in [2.05, 4.69) is 12.2 Å². The van der Waals surface area contributed by atoms with Crippen LogP contribution in [0.15, 0.2) is 30.3 Å². The maximum Gasteiger partial charge on any atom is 0.237 e. The van der Waals surface area contributed by atoms with Gasteiger partial charge in [-0.1, -0.05) is 43.7 Å². The van der Waals surface area contributed by atoms with Gasteiger partial charge < -0.3 is 11.1 Å². The van der Waals surface area contributed by atoms with Gasteiger partial charge in [-0.15, -0.1) is 12.4 Å². The minimum absolute atomic E-state index is 0. The second kappa shape index (κ2) is 7.51. The zero-order valence-electron chi connectivity index (χ0n) is 11.3. The van der Waals surface area contributed by atoms with Gasteiger partial charge in [0.25, 0.3) is 0 Å². The van der Waals surface area contributed by atoms with Gasteiger partial charge in [0, 0.05) is 6.04 Å². The van der Waals surface area contributed by atoms with Crippen LogP contribution in [-0.2, 0) is 11.2 Å². The minimum atomic E-state index is -0.444. The first kappa shape index (κ1) is 16.0. The second-order valence-corrected chi connectivity index (χ2v) is 5.32. The van der Waals surface area contributed by atoms with E-state index in [1.807, 2.05) is 30.3 Å². The van der Waals surface area contributed by atoms with Gasteiger partial charge in [-0.25, -0.2) is 0 Å². The molecule has 0 spiro atoms. The molecule has 1 aromatic rings. The molecule has 1 aliphatic carbocycles. The van der Waals surface area contributed by atoms with E-state index in [4.69, 9.17) is 5.73 Å². The van der Waals surface area contributed by atoms with Crippen molar-refractivity contribution in [3.05, 3.63) is 35.9 Å². The van der Waals surface area contributed by atoms with Gasteiger partial charge in [0.05, 0.1) is 6.04 Å². The van der Waals surface area contributed by atoms with Crippen LogP contribution in [0, 0.1) is 5.92 Å². The number of hydrogen-bond donors (Lipinski definition) is 2. The number of halogens is 1. The SMILES string of the molecule is CC1CCCC1NC(=O)[C@@H](N)Cc1ccccc1.Cl. The molecule has 19 heavy (non-hydrogen) atoms. The Bertz CT molecular complexity index is 396. The molecule has 106 valence electrons. The smallest absolute Gasteiger partial charge is 0.237 e. The number of nitrogens with two attached hydrogens (primary N) is 1. The van der Waals surface area contributed by atoms with Crippen molar-refractivity contribution in [2.45, 2.75) is 44.7 Å². The third-order valence-corrected chi connectivity index (χ3v) is 3.82. The molecule has 0 bridgehead atoms. The van der Waals surface area contributed by atoms with Crippen LogP contribution >= 0.6 is 12.4 Å². The van der Waals surface area contributed by atoms with E-state index in [9.17, 15) is 4.79 Å². The summed E-state index contributed by atoms with van der Waals surface area (Å²) < 4.78 is 0. The average Bonchev–Trinajstić information content (AvgIpc) is 2.76. The van der Waals surface area contributed by atoms with Gasteiger partial charge in [0.2, 0.25) is 5.91 Å². The number of carbonyl (C=O) groups is 1. The van der Waals surface area contributed by atoms with Crippen molar-refractivity contribution in [3.63, 3.8) is 0 Å². The first-order valence-corrected chi connectivity index (χ1v) is 6.76. The summed E-state index contributed by atoms with van der Waals surface area (Å²) in [5, 5.41) is 3.08. The zero-order chi connectivity index (χ0) is 13.0. The Morgan fingerprint density at radius 1 is 1.37 bits per heavy atom. The van der Waals surface area contributed by atoms with Crippen molar-refractivity contribution in [1.82, 2.24) is 5.32 Å². The highest BCUT2D eigenvalue weighted by Crippen LogP contribution is 2.24. The van der Waals surface area contributed by atoms with E-state index in [1.165, 1.54) is 12.8 Å². The molecule has 3 nitrogen and oxygen atoms in total. The van der Waals surface area contributed by atoms with Gasteiger partial charge >= 0.3 is 0 Å². The van der Waals surface area contributed by atoms with Gasteiger partial charge in [-0.05, 0) is 30.7 Å². The highest BCUT2D eigenvalue weighted by Gasteiger charge is 2.26. The lowest BCUT2D eigenvalue weighted by Crippen LogP contribution is -2.47. The molecule has 1 fully saturated rings. The summed E-state index contributed by atoms with van der Waals surface area (Å²) in [7, 11) is 0. The summed E-state index contributed by atoms with van der Waals surface area (Å²) in [4.78, 5) is 12.0. The van der Waals surface area contributed by atoms with Crippen molar-refractivity contribution < 1.29 is 4.79 Å². The molecule has 0 aromatic heterocycles. The summed E-state index contributed by atoms with van der Waals surface area (Å²) in [5.74, 6) is 0.565. The molecule has 4 heteroatoms. The lowest BCUT2D eigenvalue weighted by molar-refractivity contribution is -0.123. The van der Waals surface area contributed by atoms with Crippen molar-refractivity contribution >= 4 is 18.3 Å². The van der Waals surface area contributed by atoms with E-state index in [0.717, 1.165) is 12.0 Å². The summed E-state index contributed by atoms with van der Waals surface area (Å²) >= 11 is 0. The van der Waals surface area contributed by atoms with Crippen LogP contribution in [0.5, 0.6) is 0 Å². The molecule has 3 atom stereocenters. The van der Waals surface area contributed by atoms with Crippen LogP contribution in [0.4, 0.5) is 0 Å². The Labute approximate surface area is 121 Å². The predicted molar refractivity (Wildman–Crippen MR) is 80.3 cm³/mol. The fraction of sp³-hybridized carbons (Fsp3) is 0.533. The Balaban J connectivity index is 0.00000180. The van der Waals surface area contributed by atoms with Crippen LogP contribution in [0.2, 0.25) is 0 Å². The number of carbonyl (C=O) groups excluding carboxylic acids is 1. The molecule has 2 rings (SSSR count). The third kappa shape index (κ3) is 4.51. The van der Waals surface area contributed by atoms with Crippen LogP contribution in [-0.4, -0.2) is 18.0 Å². The molecule has 1 aliphatic rings. The van der Waals surface area contributed by atoms with Crippen LogP contribution in [0.3, 0.4) is 0 Å². The quantitative estimate of drug-likeness (QED) is 0.890. The largest absolute Gasteiger partial charge is 0.352 e. The number of nitrogens with one attached hydrogen (secondary N) is 1. The molecule has 0 saturated heterocycles. The topological polar surface area (TPSA) is 55.1 Å². The van der Waals surface area contributed by atoms with Gasteiger partial charge in [0.15, 0.2) is 0 Å². The molecule has 0 radical (unpaired) electrons. The highest BCUT2D eigenvalue weighted by atomic mass is 35.5. The molecule has 1 saturated carbocycles. The molecule has 0 aliphatic heterocycles.